The van der Waals surface area contributed by atoms with E-state index in [1.807, 2.05) is 17.0 Å². The number of amidine groups is 1. The van der Waals surface area contributed by atoms with E-state index in [4.69, 9.17) is 4.99 Å². The zero-order valence-corrected chi connectivity index (χ0v) is 17.8. The van der Waals surface area contributed by atoms with Crippen molar-refractivity contribution in [2.24, 2.45) is 4.99 Å². The van der Waals surface area contributed by atoms with Crippen molar-refractivity contribution in [3.05, 3.63) is 53.5 Å². The molecule has 1 aliphatic carbocycles. The Balaban J connectivity index is 1.47. The normalized spacial score (nSPS) is 24.7. The minimum Gasteiger partial charge on any atom is -0.368 e. The third-order valence-corrected chi connectivity index (χ3v) is 6.71. The lowest BCUT2D eigenvalue weighted by Crippen LogP contribution is -2.62. The number of fused-ring (bicyclic) bond motifs is 1. The number of aryl methyl sites for hydroxylation is 1. The van der Waals surface area contributed by atoms with Crippen LogP contribution in [0.4, 0.5) is 15.9 Å². The van der Waals surface area contributed by atoms with Crippen molar-refractivity contribution < 1.29 is 9.18 Å². The fraction of sp³-hybridized carbons (Fsp3) is 0.458. The number of likely N-dealkylation sites (tertiary alicyclic amines) is 1. The number of nitrogens with one attached hydrogen (secondary N) is 2. The molecule has 31 heavy (non-hydrogen) atoms. The molecule has 2 N–H and O–H groups in total. The standard InChI is InChI=1S/C24H28FN5O/c1-16-9-10-17(14-19(16)25)22(31)30-13-5-11-24(15-30)23(27-18-6-2-3-7-18)28-21-20(29-24)8-4-12-26-21/h4,8-10,12,14,18,29H,2-3,5-7,11,13,15H2,1H3,(H,26,27,28). The number of amides is 1. The van der Waals surface area contributed by atoms with Gasteiger partial charge in [0.1, 0.15) is 17.2 Å². The molecule has 1 aromatic carbocycles. The van der Waals surface area contributed by atoms with Crippen LogP contribution in [0.25, 0.3) is 0 Å². The van der Waals surface area contributed by atoms with Crippen molar-refractivity contribution in [2.75, 3.05) is 23.7 Å². The van der Waals surface area contributed by atoms with Gasteiger partial charge in [-0.3, -0.25) is 9.79 Å². The van der Waals surface area contributed by atoms with Crippen molar-refractivity contribution in [1.82, 2.24) is 9.88 Å². The minimum absolute atomic E-state index is 0.142. The molecule has 0 radical (unpaired) electrons. The molecule has 1 saturated heterocycles. The Kier molecular flexibility index (Phi) is 5.12. The zero-order valence-electron chi connectivity index (χ0n) is 17.8. The fourth-order valence-corrected chi connectivity index (χ4v) is 4.96. The topological polar surface area (TPSA) is 69.6 Å². The van der Waals surface area contributed by atoms with Crippen LogP contribution in [-0.2, 0) is 0 Å². The minimum atomic E-state index is -0.490. The summed E-state index contributed by atoms with van der Waals surface area (Å²) in [6.45, 7) is 2.83. The summed E-state index contributed by atoms with van der Waals surface area (Å²) in [7, 11) is 0. The SMILES string of the molecule is Cc1ccc(C(=O)N2CCCC3(C2)Nc2cccnc2NC3=NC2CCCC2)cc1F. The summed E-state index contributed by atoms with van der Waals surface area (Å²) in [6.07, 6.45) is 8.09. The van der Waals surface area contributed by atoms with E-state index in [1.165, 1.54) is 18.9 Å². The van der Waals surface area contributed by atoms with Gasteiger partial charge in [-0.25, -0.2) is 9.37 Å². The molecule has 1 atom stereocenters. The summed E-state index contributed by atoms with van der Waals surface area (Å²) >= 11 is 0. The van der Waals surface area contributed by atoms with Crippen LogP contribution in [0.3, 0.4) is 0 Å². The van der Waals surface area contributed by atoms with Crippen LogP contribution in [0, 0.1) is 12.7 Å². The van der Waals surface area contributed by atoms with Crippen molar-refractivity contribution in [3.8, 4) is 0 Å². The number of benzene rings is 1. The van der Waals surface area contributed by atoms with Crippen molar-refractivity contribution in [2.45, 2.75) is 57.0 Å². The first-order chi connectivity index (χ1) is 15.0. The quantitative estimate of drug-likeness (QED) is 0.755. The van der Waals surface area contributed by atoms with Gasteiger partial charge in [-0.1, -0.05) is 18.9 Å². The maximum absolute atomic E-state index is 14.1. The van der Waals surface area contributed by atoms with Crippen LogP contribution >= 0.6 is 0 Å². The molecule has 1 unspecified atom stereocenters. The first-order valence-corrected chi connectivity index (χ1v) is 11.2. The van der Waals surface area contributed by atoms with Crippen molar-refractivity contribution in [1.29, 1.82) is 0 Å². The first kappa shape index (κ1) is 20.0. The van der Waals surface area contributed by atoms with E-state index in [0.29, 0.717) is 30.3 Å². The fourth-order valence-electron chi connectivity index (χ4n) is 4.96. The Morgan fingerprint density at radius 3 is 2.90 bits per heavy atom. The summed E-state index contributed by atoms with van der Waals surface area (Å²) in [5.41, 5.74) is 1.36. The van der Waals surface area contributed by atoms with Crippen LogP contribution in [0.5, 0.6) is 0 Å². The van der Waals surface area contributed by atoms with Gasteiger partial charge in [0.05, 0.1) is 18.3 Å². The monoisotopic (exact) mass is 421 g/mol. The molecule has 162 valence electrons. The highest BCUT2D eigenvalue weighted by Gasteiger charge is 2.45. The number of aliphatic imine (C=N–C) groups is 1. The van der Waals surface area contributed by atoms with E-state index in [2.05, 4.69) is 15.6 Å². The lowest BCUT2D eigenvalue weighted by molar-refractivity contribution is 0.0694. The molecule has 1 spiro atoms. The predicted molar refractivity (Wildman–Crippen MR) is 120 cm³/mol. The Morgan fingerprint density at radius 2 is 2.10 bits per heavy atom. The zero-order chi connectivity index (χ0) is 21.4. The summed E-state index contributed by atoms with van der Waals surface area (Å²) < 4.78 is 14.1. The molecule has 2 fully saturated rings. The lowest BCUT2D eigenvalue weighted by atomic mass is 9.85. The highest BCUT2D eigenvalue weighted by atomic mass is 19.1. The van der Waals surface area contributed by atoms with Crippen LogP contribution in [0.1, 0.15) is 54.4 Å². The van der Waals surface area contributed by atoms with E-state index in [-0.39, 0.29) is 11.7 Å². The van der Waals surface area contributed by atoms with Crippen LogP contribution < -0.4 is 10.6 Å². The number of aromatic nitrogens is 1. The van der Waals surface area contributed by atoms with E-state index in [0.717, 1.165) is 43.0 Å². The Hall–Kier alpha value is -2.96. The van der Waals surface area contributed by atoms with E-state index in [9.17, 15) is 9.18 Å². The van der Waals surface area contributed by atoms with Gasteiger partial charge in [-0.2, -0.15) is 0 Å². The van der Waals surface area contributed by atoms with Gasteiger partial charge >= 0.3 is 0 Å². The van der Waals surface area contributed by atoms with E-state index in [1.54, 1.807) is 25.3 Å². The van der Waals surface area contributed by atoms with Gasteiger partial charge in [0.25, 0.3) is 5.91 Å². The van der Waals surface area contributed by atoms with Gasteiger partial charge < -0.3 is 15.5 Å². The van der Waals surface area contributed by atoms with Gasteiger partial charge in [0, 0.05) is 18.3 Å². The molecule has 3 aliphatic rings. The number of rotatable bonds is 2. The summed E-state index contributed by atoms with van der Waals surface area (Å²) in [6, 6.07) is 8.93. The van der Waals surface area contributed by atoms with Gasteiger partial charge in [-0.05, 0) is 62.4 Å². The maximum atomic E-state index is 14.1. The highest BCUT2D eigenvalue weighted by Crippen LogP contribution is 2.36. The number of anilines is 2. The van der Waals surface area contributed by atoms with E-state index >= 15 is 0 Å². The molecule has 5 rings (SSSR count). The van der Waals surface area contributed by atoms with Crippen molar-refractivity contribution >= 4 is 23.2 Å². The molecular weight excluding hydrogens is 393 g/mol. The molecule has 3 heterocycles. The number of pyridine rings is 1. The molecular formula is C24H28FN5O. The summed E-state index contributed by atoms with van der Waals surface area (Å²) in [5, 5.41) is 7.15. The third kappa shape index (κ3) is 3.77. The number of carbonyl (C=O) groups excluding carboxylic acids is 1. The maximum Gasteiger partial charge on any atom is 0.254 e. The van der Waals surface area contributed by atoms with Gasteiger partial charge in [0.2, 0.25) is 0 Å². The number of piperidine rings is 1. The second kappa shape index (κ2) is 7.94. The van der Waals surface area contributed by atoms with Crippen LogP contribution in [0.2, 0.25) is 0 Å². The molecule has 0 bridgehead atoms. The Bertz CT molecular complexity index is 1030. The molecule has 2 aromatic rings. The second-order valence-corrected chi connectivity index (χ2v) is 8.94. The van der Waals surface area contributed by atoms with Crippen LogP contribution in [0.15, 0.2) is 41.5 Å². The molecule has 6 nitrogen and oxygen atoms in total. The first-order valence-electron chi connectivity index (χ1n) is 11.2. The average Bonchev–Trinajstić information content (AvgIpc) is 3.29. The predicted octanol–water partition coefficient (Wildman–Crippen LogP) is 4.38. The molecule has 1 aromatic heterocycles. The summed E-state index contributed by atoms with van der Waals surface area (Å²) in [5.74, 6) is 1.16. The smallest absolute Gasteiger partial charge is 0.254 e. The molecule has 7 heteroatoms. The molecule has 1 amide bonds. The Labute approximate surface area is 182 Å². The van der Waals surface area contributed by atoms with Crippen molar-refractivity contribution in [3.63, 3.8) is 0 Å². The van der Waals surface area contributed by atoms with E-state index < -0.39 is 5.54 Å². The van der Waals surface area contributed by atoms with Gasteiger partial charge in [-0.15, -0.1) is 0 Å². The number of nitrogens with zero attached hydrogens (tertiary/aromatic N) is 3. The molecule has 2 aliphatic heterocycles. The second-order valence-electron chi connectivity index (χ2n) is 8.94. The van der Waals surface area contributed by atoms with Gasteiger partial charge in [0.15, 0.2) is 5.82 Å². The van der Waals surface area contributed by atoms with Crippen LogP contribution in [-0.4, -0.2) is 46.3 Å². The third-order valence-electron chi connectivity index (χ3n) is 6.71. The number of carbonyl (C=O) groups is 1. The number of hydrogen-bond acceptors (Lipinski definition) is 4. The Morgan fingerprint density at radius 1 is 1.26 bits per heavy atom. The largest absolute Gasteiger partial charge is 0.368 e. The lowest BCUT2D eigenvalue weighted by Gasteiger charge is -2.47. The number of halogens is 1. The molecule has 1 saturated carbocycles. The number of hydrogen-bond donors (Lipinski definition) is 2. The summed E-state index contributed by atoms with van der Waals surface area (Å²) in [4.78, 5) is 24.6. The average molecular weight is 422 g/mol. The highest BCUT2D eigenvalue weighted by molar-refractivity contribution is 6.09.